The second kappa shape index (κ2) is 11.6. The van der Waals surface area contributed by atoms with Crippen molar-refractivity contribution in [3.8, 4) is 17.2 Å². The molecule has 0 spiro atoms. The van der Waals surface area contributed by atoms with E-state index < -0.39 is 30.1 Å². The molecule has 2 N–H and O–H groups in total. The third-order valence-corrected chi connectivity index (χ3v) is 6.18. The van der Waals surface area contributed by atoms with Crippen molar-refractivity contribution in [3.63, 3.8) is 0 Å². The molecule has 0 aliphatic carbocycles. The van der Waals surface area contributed by atoms with E-state index in [0.717, 1.165) is 5.56 Å². The van der Waals surface area contributed by atoms with Gasteiger partial charge in [0.05, 0.1) is 21.3 Å². The van der Waals surface area contributed by atoms with E-state index in [1.165, 1.54) is 0 Å². The summed E-state index contributed by atoms with van der Waals surface area (Å²) in [7, 11) is 4.73. The molecule has 1 aromatic carbocycles. The van der Waals surface area contributed by atoms with Crippen molar-refractivity contribution in [2.24, 2.45) is 5.92 Å². The number of methoxy groups -OCH3 is 3. The number of nitrogens with one attached hydrogen (secondary N) is 1. The van der Waals surface area contributed by atoms with E-state index >= 15 is 0 Å². The van der Waals surface area contributed by atoms with Crippen LogP contribution in [0, 0.1) is 5.92 Å². The van der Waals surface area contributed by atoms with Crippen molar-refractivity contribution in [1.29, 1.82) is 0 Å². The maximum atomic E-state index is 13.2. The number of carbonyl (C=O) groups excluding carboxylic acids is 2. The van der Waals surface area contributed by atoms with E-state index in [1.807, 2.05) is 26.0 Å². The fourth-order valence-electron chi connectivity index (χ4n) is 4.32. The largest absolute Gasteiger partial charge is 0.493 e. The van der Waals surface area contributed by atoms with Gasteiger partial charge in [-0.1, -0.05) is 19.9 Å². The molecule has 3 atom stereocenters. The second-order valence-electron chi connectivity index (χ2n) is 9.10. The molecule has 0 saturated carbocycles. The molecule has 11 nitrogen and oxygen atoms in total. The van der Waals surface area contributed by atoms with E-state index in [9.17, 15) is 14.4 Å². The summed E-state index contributed by atoms with van der Waals surface area (Å²) in [6.07, 6.45) is -1.72. The molecule has 11 heteroatoms. The molecule has 0 radical (unpaired) electrons. The summed E-state index contributed by atoms with van der Waals surface area (Å²) in [5.74, 6) is 0.00879. The first-order valence-electron chi connectivity index (χ1n) is 11.7. The zero-order valence-corrected chi connectivity index (χ0v) is 20.9. The van der Waals surface area contributed by atoms with Crippen LogP contribution in [0.2, 0.25) is 0 Å². The number of hydrogen-bond donors (Lipinski definition) is 2. The first kappa shape index (κ1) is 26.6. The quantitative estimate of drug-likeness (QED) is 0.429. The molecule has 0 bridgehead atoms. The van der Waals surface area contributed by atoms with Crippen LogP contribution < -0.4 is 19.5 Å². The van der Waals surface area contributed by atoms with E-state index in [0.29, 0.717) is 56.4 Å². The minimum absolute atomic E-state index is 0.164. The molecule has 1 aromatic rings. The number of piperazine rings is 1. The lowest BCUT2D eigenvalue weighted by molar-refractivity contribution is -0.138. The van der Waals surface area contributed by atoms with Gasteiger partial charge in [0, 0.05) is 38.3 Å². The topological polar surface area (TPSA) is 130 Å². The van der Waals surface area contributed by atoms with Gasteiger partial charge in [-0.05, 0) is 18.4 Å². The first-order chi connectivity index (χ1) is 16.7. The number of rotatable bonds is 11. The van der Waals surface area contributed by atoms with Gasteiger partial charge in [0.25, 0.3) is 5.91 Å². The van der Waals surface area contributed by atoms with Gasteiger partial charge in [-0.25, -0.2) is 4.79 Å². The molecular formula is C24H35N3O8. The summed E-state index contributed by atoms with van der Waals surface area (Å²) in [5.41, 5.74) is 0.951. The number of epoxide rings is 1. The third-order valence-electron chi connectivity index (χ3n) is 6.18. The SMILES string of the molecule is COc1ccc(CN2CCN(C(=O)[C@H](CC(C)C)NC(=O)[C@@H]3O[C@H]3C(=O)O)CC2)c(OC)c1OC. The number of benzene rings is 1. The normalized spacial score (nSPS) is 20.8. The molecule has 2 heterocycles. The molecule has 2 fully saturated rings. The summed E-state index contributed by atoms with van der Waals surface area (Å²) in [4.78, 5) is 40.6. The summed E-state index contributed by atoms with van der Waals surface area (Å²) in [6, 6.07) is 3.06. The van der Waals surface area contributed by atoms with Gasteiger partial charge in [0.1, 0.15) is 6.04 Å². The highest BCUT2D eigenvalue weighted by Crippen LogP contribution is 2.40. The monoisotopic (exact) mass is 493 g/mol. The molecule has 3 rings (SSSR count). The first-order valence-corrected chi connectivity index (χ1v) is 11.7. The van der Waals surface area contributed by atoms with Crippen LogP contribution in [-0.2, 0) is 25.7 Å². The Morgan fingerprint density at radius 2 is 1.69 bits per heavy atom. The van der Waals surface area contributed by atoms with Crippen molar-refractivity contribution in [3.05, 3.63) is 17.7 Å². The highest BCUT2D eigenvalue weighted by atomic mass is 16.6. The second-order valence-corrected chi connectivity index (χ2v) is 9.10. The number of aliphatic carboxylic acids is 1. The van der Waals surface area contributed by atoms with Gasteiger partial charge in [-0.15, -0.1) is 0 Å². The van der Waals surface area contributed by atoms with Crippen LogP contribution in [0.15, 0.2) is 12.1 Å². The number of carbonyl (C=O) groups is 3. The number of carboxylic acids is 1. The van der Waals surface area contributed by atoms with Crippen LogP contribution >= 0.6 is 0 Å². The molecule has 0 unspecified atom stereocenters. The van der Waals surface area contributed by atoms with Crippen molar-refractivity contribution in [2.45, 2.75) is 45.1 Å². The van der Waals surface area contributed by atoms with Crippen molar-refractivity contribution in [1.82, 2.24) is 15.1 Å². The van der Waals surface area contributed by atoms with Crippen LogP contribution in [0.1, 0.15) is 25.8 Å². The predicted molar refractivity (Wildman–Crippen MR) is 126 cm³/mol. The Hall–Kier alpha value is -3.05. The lowest BCUT2D eigenvalue weighted by atomic mass is 10.0. The minimum atomic E-state index is -1.18. The number of carboxylic acid groups (broad SMARTS) is 1. The number of hydrogen-bond acceptors (Lipinski definition) is 8. The fourth-order valence-corrected chi connectivity index (χ4v) is 4.32. The standard InChI is InChI=1S/C24H35N3O8/c1-14(2)12-16(25-22(28)20-21(35-20)24(30)31)23(29)27-10-8-26(9-11-27)13-15-6-7-17(32-3)19(34-5)18(15)33-4/h6-7,14,16,20-21H,8-13H2,1-5H3,(H,25,28)(H,30,31)/t16-,20+,21+/m0/s1. The Morgan fingerprint density at radius 3 is 2.20 bits per heavy atom. The molecular weight excluding hydrogens is 458 g/mol. The van der Waals surface area contributed by atoms with Crippen molar-refractivity contribution in [2.75, 3.05) is 47.5 Å². The number of nitrogens with zero attached hydrogens (tertiary/aromatic N) is 2. The highest BCUT2D eigenvalue weighted by molar-refractivity contribution is 5.95. The summed E-state index contributed by atoms with van der Waals surface area (Å²) in [6.45, 7) is 6.88. The van der Waals surface area contributed by atoms with Gasteiger partial charge in [0.15, 0.2) is 23.7 Å². The Morgan fingerprint density at radius 1 is 1.03 bits per heavy atom. The van der Waals surface area contributed by atoms with Crippen LogP contribution in [0.4, 0.5) is 0 Å². The highest BCUT2D eigenvalue weighted by Gasteiger charge is 2.51. The average molecular weight is 494 g/mol. The third kappa shape index (κ3) is 6.34. The number of amides is 2. The lowest BCUT2D eigenvalue weighted by Gasteiger charge is -2.37. The Balaban J connectivity index is 1.60. The minimum Gasteiger partial charge on any atom is -0.493 e. The Kier molecular flexibility index (Phi) is 8.79. The van der Waals surface area contributed by atoms with Gasteiger partial charge < -0.3 is 34.3 Å². The fraction of sp³-hybridized carbons (Fsp3) is 0.625. The Labute approximate surface area is 205 Å². The number of ether oxygens (including phenoxy) is 4. The van der Waals surface area contributed by atoms with Gasteiger partial charge in [-0.2, -0.15) is 0 Å². The lowest BCUT2D eigenvalue weighted by Crippen LogP contribution is -2.55. The average Bonchev–Trinajstić information content (AvgIpc) is 3.64. The summed E-state index contributed by atoms with van der Waals surface area (Å²) >= 11 is 0. The zero-order chi connectivity index (χ0) is 25.7. The van der Waals surface area contributed by atoms with E-state index in [-0.39, 0.29) is 11.8 Å². The predicted octanol–water partition coefficient (Wildman–Crippen LogP) is 0.740. The molecule has 0 aromatic heterocycles. The van der Waals surface area contributed by atoms with Crippen LogP contribution in [-0.4, -0.2) is 98.4 Å². The molecule has 2 aliphatic heterocycles. The smallest absolute Gasteiger partial charge is 0.336 e. The molecule has 2 saturated heterocycles. The zero-order valence-electron chi connectivity index (χ0n) is 20.9. The van der Waals surface area contributed by atoms with Gasteiger partial charge in [-0.3, -0.25) is 14.5 Å². The van der Waals surface area contributed by atoms with Crippen LogP contribution in [0.5, 0.6) is 17.2 Å². The van der Waals surface area contributed by atoms with Gasteiger partial charge >= 0.3 is 5.97 Å². The summed E-state index contributed by atoms with van der Waals surface area (Å²) < 4.78 is 21.3. The maximum Gasteiger partial charge on any atom is 0.336 e. The van der Waals surface area contributed by atoms with Crippen LogP contribution in [0.3, 0.4) is 0 Å². The molecule has 35 heavy (non-hydrogen) atoms. The molecule has 2 aliphatic rings. The molecule has 194 valence electrons. The van der Waals surface area contributed by atoms with Crippen molar-refractivity contribution >= 4 is 17.8 Å². The molecule has 2 amide bonds. The summed E-state index contributed by atoms with van der Waals surface area (Å²) in [5, 5.41) is 11.7. The van der Waals surface area contributed by atoms with Crippen LogP contribution in [0.25, 0.3) is 0 Å². The maximum absolute atomic E-state index is 13.2. The van der Waals surface area contributed by atoms with Crippen molar-refractivity contribution < 1.29 is 38.4 Å². The Bertz CT molecular complexity index is 930. The van der Waals surface area contributed by atoms with Gasteiger partial charge in [0.2, 0.25) is 11.7 Å². The van der Waals surface area contributed by atoms with E-state index in [4.69, 9.17) is 24.1 Å². The van der Waals surface area contributed by atoms with E-state index in [2.05, 4.69) is 10.2 Å². The van der Waals surface area contributed by atoms with E-state index in [1.54, 1.807) is 26.2 Å².